The normalized spacial score (nSPS) is 16.6. The number of hydrogen-bond acceptors (Lipinski definition) is 4. The molecular formula is C15H15NO3. The van der Waals surface area contributed by atoms with Crippen LogP contribution in [0.2, 0.25) is 0 Å². The third-order valence-corrected chi connectivity index (χ3v) is 3.22. The zero-order valence-electron chi connectivity index (χ0n) is 10.9. The van der Waals surface area contributed by atoms with Gasteiger partial charge in [-0.1, -0.05) is 36.4 Å². The minimum absolute atomic E-state index is 0.553. The van der Waals surface area contributed by atoms with Gasteiger partial charge in [-0.05, 0) is 6.07 Å². The van der Waals surface area contributed by atoms with E-state index in [0.717, 1.165) is 11.1 Å². The molecule has 0 unspecified atom stereocenters. The van der Waals surface area contributed by atoms with Crippen LogP contribution in [0.5, 0.6) is 0 Å². The molecule has 1 aliphatic carbocycles. The maximum Gasteiger partial charge on any atom is 0.240 e. The lowest BCUT2D eigenvalue weighted by Crippen LogP contribution is -2.35. The lowest BCUT2D eigenvalue weighted by Gasteiger charge is -2.34. The molecule has 19 heavy (non-hydrogen) atoms. The fraction of sp³-hybridized carbons (Fsp3) is 0.267. The lowest BCUT2D eigenvalue weighted by atomic mass is 9.90. The van der Waals surface area contributed by atoms with Gasteiger partial charge in [0.2, 0.25) is 6.08 Å². The van der Waals surface area contributed by atoms with Gasteiger partial charge < -0.3 is 9.47 Å². The van der Waals surface area contributed by atoms with E-state index in [2.05, 4.69) is 4.99 Å². The molecule has 2 rings (SSSR count). The zero-order valence-corrected chi connectivity index (χ0v) is 10.9. The summed E-state index contributed by atoms with van der Waals surface area (Å²) in [5.41, 5.74) is 2.20. The number of benzene rings is 1. The minimum Gasteiger partial charge on any atom is -0.349 e. The Balaban J connectivity index is 2.58. The number of carbonyl (C=O) groups excluding carboxylic acids is 1. The summed E-state index contributed by atoms with van der Waals surface area (Å²) in [4.78, 5) is 14.3. The molecule has 0 spiro atoms. The van der Waals surface area contributed by atoms with Gasteiger partial charge >= 0.3 is 0 Å². The molecule has 0 fully saturated rings. The van der Waals surface area contributed by atoms with Gasteiger partial charge in [0.1, 0.15) is 0 Å². The van der Waals surface area contributed by atoms with Crippen LogP contribution in [-0.2, 0) is 14.3 Å². The molecule has 0 aromatic heterocycles. The number of para-hydroxylation sites is 1. The molecule has 0 amide bonds. The average molecular weight is 257 g/mol. The van der Waals surface area contributed by atoms with E-state index in [1.54, 1.807) is 26.4 Å². The third-order valence-electron chi connectivity index (χ3n) is 3.22. The predicted octanol–water partition coefficient (Wildman–Crippen LogP) is 2.99. The number of methoxy groups -OCH3 is 2. The van der Waals surface area contributed by atoms with Crippen molar-refractivity contribution in [2.45, 2.75) is 12.2 Å². The summed E-state index contributed by atoms with van der Waals surface area (Å²) in [7, 11) is 3.20. The summed E-state index contributed by atoms with van der Waals surface area (Å²) in [6.45, 7) is 0. The Hall–Kier alpha value is -2.00. The Morgan fingerprint density at radius 1 is 1.26 bits per heavy atom. The van der Waals surface area contributed by atoms with Gasteiger partial charge in [-0.25, -0.2) is 4.79 Å². The first-order valence-electron chi connectivity index (χ1n) is 5.92. The topological polar surface area (TPSA) is 47.9 Å². The highest BCUT2D eigenvalue weighted by atomic mass is 16.7. The van der Waals surface area contributed by atoms with Crippen molar-refractivity contribution >= 4 is 17.3 Å². The van der Waals surface area contributed by atoms with Gasteiger partial charge in [-0.3, -0.25) is 0 Å². The first-order chi connectivity index (χ1) is 9.27. The molecule has 0 aliphatic heterocycles. The van der Waals surface area contributed by atoms with E-state index < -0.39 is 5.79 Å². The van der Waals surface area contributed by atoms with Crippen molar-refractivity contribution in [1.29, 1.82) is 0 Å². The molecule has 1 aromatic carbocycles. The Morgan fingerprint density at radius 3 is 2.68 bits per heavy atom. The molecule has 1 aliphatic rings. The molecule has 0 atom stereocenters. The van der Waals surface area contributed by atoms with Gasteiger partial charge in [0.15, 0.2) is 5.79 Å². The molecule has 0 radical (unpaired) electrons. The second-order valence-corrected chi connectivity index (χ2v) is 4.09. The maximum absolute atomic E-state index is 10.5. The van der Waals surface area contributed by atoms with E-state index in [0.29, 0.717) is 12.1 Å². The quantitative estimate of drug-likeness (QED) is 0.473. The Kier molecular flexibility index (Phi) is 4.07. The van der Waals surface area contributed by atoms with E-state index >= 15 is 0 Å². The maximum atomic E-state index is 10.5. The SMILES string of the molecule is COC1(OC)CC=CC=C1c1ccccc1N=C=O. The first-order valence-corrected chi connectivity index (χ1v) is 5.92. The predicted molar refractivity (Wildman–Crippen MR) is 72.7 cm³/mol. The third kappa shape index (κ3) is 2.42. The second kappa shape index (κ2) is 5.76. The number of nitrogens with zero attached hydrogens (tertiary/aromatic N) is 1. The highest BCUT2D eigenvalue weighted by Crippen LogP contribution is 2.40. The van der Waals surface area contributed by atoms with Crippen molar-refractivity contribution in [1.82, 2.24) is 0 Å². The summed E-state index contributed by atoms with van der Waals surface area (Å²) in [6.07, 6.45) is 8.00. The standard InChI is InChI=1S/C15H15NO3/c1-18-15(19-2)10-6-5-8-13(15)12-7-3-4-9-14(12)16-11-17/h3-9H,10H2,1-2H3. The number of allylic oxidation sites excluding steroid dienone is 2. The molecule has 0 N–H and O–H groups in total. The number of aliphatic imine (C=N–C) groups is 1. The summed E-state index contributed by atoms with van der Waals surface area (Å²) < 4.78 is 11.1. The fourth-order valence-electron chi connectivity index (χ4n) is 2.24. The number of ether oxygens (including phenoxy) is 2. The molecule has 98 valence electrons. The van der Waals surface area contributed by atoms with Crippen LogP contribution in [-0.4, -0.2) is 26.1 Å². The fourth-order valence-corrected chi connectivity index (χ4v) is 2.24. The average Bonchev–Trinajstić information content (AvgIpc) is 2.48. The van der Waals surface area contributed by atoms with Gasteiger partial charge in [0, 0.05) is 31.8 Å². The smallest absolute Gasteiger partial charge is 0.240 e. The second-order valence-electron chi connectivity index (χ2n) is 4.09. The van der Waals surface area contributed by atoms with Crippen LogP contribution in [0, 0.1) is 0 Å². The Bertz CT molecular complexity index is 565. The molecule has 4 heteroatoms. The van der Waals surface area contributed by atoms with Crippen LogP contribution in [0.3, 0.4) is 0 Å². The van der Waals surface area contributed by atoms with Crippen LogP contribution < -0.4 is 0 Å². The molecule has 1 aromatic rings. The summed E-state index contributed by atoms with van der Waals surface area (Å²) in [5, 5.41) is 0. The lowest BCUT2D eigenvalue weighted by molar-refractivity contribution is -0.159. The summed E-state index contributed by atoms with van der Waals surface area (Å²) in [6, 6.07) is 7.35. The summed E-state index contributed by atoms with van der Waals surface area (Å²) >= 11 is 0. The van der Waals surface area contributed by atoms with Crippen molar-refractivity contribution in [3.8, 4) is 0 Å². The zero-order chi connectivity index (χ0) is 13.7. The van der Waals surface area contributed by atoms with Crippen molar-refractivity contribution in [2.24, 2.45) is 4.99 Å². The van der Waals surface area contributed by atoms with Gasteiger partial charge in [0.25, 0.3) is 0 Å². The van der Waals surface area contributed by atoms with Crippen molar-refractivity contribution in [2.75, 3.05) is 14.2 Å². The van der Waals surface area contributed by atoms with Crippen molar-refractivity contribution in [3.05, 3.63) is 48.1 Å². The molecule has 0 bridgehead atoms. The van der Waals surface area contributed by atoms with Crippen LogP contribution in [0.4, 0.5) is 5.69 Å². The molecule has 4 nitrogen and oxygen atoms in total. The van der Waals surface area contributed by atoms with Crippen LogP contribution in [0.1, 0.15) is 12.0 Å². The number of rotatable bonds is 4. The van der Waals surface area contributed by atoms with Gasteiger partial charge in [-0.15, -0.1) is 0 Å². The Morgan fingerprint density at radius 2 is 2.00 bits per heavy atom. The van der Waals surface area contributed by atoms with E-state index in [-0.39, 0.29) is 0 Å². The molecule has 0 saturated heterocycles. The largest absolute Gasteiger partial charge is 0.349 e. The van der Waals surface area contributed by atoms with E-state index in [1.165, 1.54) is 0 Å². The van der Waals surface area contributed by atoms with E-state index in [9.17, 15) is 4.79 Å². The molecule has 0 heterocycles. The van der Waals surface area contributed by atoms with Gasteiger partial charge in [-0.2, -0.15) is 4.99 Å². The summed E-state index contributed by atoms with van der Waals surface area (Å²) in [5.74, 6) is -0.844. The van der Waals surface area contributed by atoms with Crippen LogP contribution >= 0.6 is 0 Å². The van der Waals surface area contributed by atoms with Crippen molar-refractivity contribution in [3.63, 3.8) is 0 Å². The van der Waals surface area contributed by atoms with Crippen molar-refractivity contribution < 1.29 is 14.3 Å². The van der Waals surface area contributed by atoms with Crippen LogP contribution in [0.25, 0.3) is 5.57 Å². The van der Waals surface area contributed by atoms with E-state index in [4.69, 9.17) is 9.47 Å². The number of isocyanates is 1. The number of hydrogen-bond donors (Lipinski definition) is 0. The van der Waals surface area contributed by atoms with E-state index in [1.807, 2.05) is 36.4 Å². The monoisotopic (exact) mass is 257 g/mol. The molecule has 0 saturated carbocycles. The highest BCUT2D eigenvalue weighted by molar-refractivity contribution is 5.81. The highest BCUT2D eigenvalue weighted by Gasteiger charge is 2.36. The van der Waals surface area contributed by atoms with Gasteiger partial charge in [0.05, 0.1) is 5.69 Å². The van der Waals surface area contributed by atoms with Crippen LogP contribution in [0.15, 0.2) is 47.5 Å². The Labute approximate surface area is 112 Å². The minimum atomic E-state index is -0.844. The molecular weight excluding hydrogens is 242 g/mol. The first kappa shape index (κ1) is 13.4.